The van der Waals surface area contributed by atoms with E-state index in [9.17, 15) is 0 Å². The predicted molar refractivity (Wildman–Crippen MR) is 118 cm³/mol. The smallest absolute Gasteiger partial charge is 0.191 e. The average molecular weight is 470 g/mol. The zero-order valence-electron chi connectivity index (χ0n) is 16.4. The van der Waals surface area contributed by atoms with Crippen LogP contribution in [0.15, 0.2) is 33.8 Å². The fraction of sp³-hybridized carbons (Fsp3) is 0.500. The maximum absolute atomic E-state index is 5.21. The van der Waals surface area contributed by atoms with Crippen molar-refractivity contribution in [2.75, 3.05) is 13.1 Å². The molecular weight excluding hydrogens is 439 g/mol. The number of aromatic nitrogens is 1. The van der Waals surface area contributed by atoms with Gasteiger partial charge in [0.15, 0.2) is 5.96 Å². The van der Waals surface area contributed by atoms with Gasteiger partial charge >= 0.3 is 0 Å². The molecule has 0 fully saturated rings. The third-order valence-electron chi connectivity index (χ3n) is 4.40. The minimum absolute atomic E-state index is 0. The van der Waals surface area contributed by atoms with E-state index in [-0.39, 0.29) is 30.0 Å². The van der Waals surface area contributed by atoms with E-state index in [0.29, 0.717) is 6.54 Å². The Bertz CT molecular complexity index is 675. The molecule has 1 aromatic heterocycles. The number of nitrogens with one attached hydrogen (secondary N) is 2. The monoisotopic (exact) mass is 470 g/mol. The topological polar surface area (TPSA) is 62.5 Å². The Morgan fingerprint density at radius 2 is 1.88 bits per heavy atom. The first-order valence-corrected chi connectivity index (χ1v) is 9.10. The van der Waals surface area contributed by atoms with Crippen molar-refractivity contribution < 1.29 is 4.52 Å². The van der Waals surface area contributed by atoms with Crippen LogP contribution in [0.5, 0.6) is 0 Å². The second-order valence-corrected chi connectivity index (χ2v) is 6.27. The van der Waals surface area contributed by atoms with Gasteiger partial charge in [-0.3, -0.25) is 4.99 Å². The van der Waals surface area contributed by atoms with Crippen LogP contribution in [0.1, 0.15) is 55.0 Å². The van der Waals surface area contributed by atoms with Crippen molar-refractivity contribution in [3.05, 3.63) is 52.4 Å². The molecule has 26 heavy (non-hydrogen) atoms. The van der Waals surface area contributed by atoms with Gasteiger partial charge in [0.1, 0.15) is 5.76 Å². The molecule has 144 valence electrons. The summed E-state index contributed by atoms with van der Waals surface area (Å²) in [5.74, 6) is 1.72. The molecule has 1 unspecified atom stereocenters. The molecule has 0 spiro atoms. The number of aliphatic imine (C=N–C) groups is 1. The van der Waals surface area contributed by atoms with Gasteiger partial charge in [-0.25, -0.2) is 0 Å². The molecule has 1 aromatic carbocycles. The summed E-state index contributed by atoms with van der Waals surface area (Å²) in [4.78, 5) is 4.69. The summed E-state index contributed by atoms with van der Waals surface area (Å²) in [6.07, 6.45) is 1.89. The summed E-state index contributed by atoms with van der Waals surface area (Å²) in [7, 11) is 0. The van der Waals surface area contributed by atoms with Crippen molar-refractivity contribution in [2.24, 2.45) is 4.99 Å². The molecule has 5 nitrogen and oxygen atoms in total. The second kappa shape index (κ2) is 11.2. The molecule has 6 heteroatoms. The van der Waals surface area contributed by atoms with Crippen LogP contribution < -0.4 is 10.6 Å². The number of halogens is 1. The van der Waals surface area contributed by atoms with Crippen LogP contribution in [0, 0.1) is 13.8 Å². The first-order chi connectivity index (χ1) is 12.0. The van der Waals surface area contributed by atoms with E-state index in [1.54, 1.807) is 0 Å². The Balaban J connectivity index is 0.00000338. The summed E-state index contributed by atoms with van der Waals surface area (Å²) in [6, 6.07) is 8.94. The average Bonchev–Trinajstić information content (AvgIpc) is 2.93. The molecule has 1 heterocycles. The van der Waals surface area contributed by atoms with Crippen LogP contribution in [-0.2, 0) is 12.8 Å². The van der Waals surface area contributed by atoms with Crippen LogP contribution in [0.4, 0.5) is 0 Å². The fourth-order valence-electron chi connectivity index (χ4n) is 2.79. The van der Waals surface area contributed by atoms with E-state index < -0.39 is 0 Å². The van der Waals surface area contributed by atoms with Crippen molar-refractivity contribution in [3.8, 4) is 0 Å². The van der Waals surface area contributed by atoms with Crippen molar-refractivity contribution in [1.82, 2.24) is 15.8 Å². The molecule has 0 aliphatic rings. The summed E-state index contributed by atoms with van der Waals surface area (Å²) >= 11 is 0. The van der Waals surface area contributed by atoms with Gasteiger partial charge in [0.2, 0.25) is 0 Å². The quantitative estimate of drug-likeness (QED) is 0.359. The molecule has 0 bridgehead atoms. The summed E-state index contributed by atoms with van der Waals surface area (Å²) < 4.78 is 5.21. The molecule has 0 amide bonds. The van der Waals surface area contributed by atoms with E-state index in [0.717, 1.165) is 42.4 Å². The van der Waals surface area contributed by atoms with E-state index in [1.807, 2.05) is 13.8 Å². The van der Waals surface area contributed by atoms with E-state index in [2.05, 4.69) is 60.8 Å². The highest BCUT2D eigenvalue weighted by Gasteiger charge is 2.10. The summed E-state index contributed by atoms with van der Waals surface area (Å²) in [5, 5.41) is 10.8. The number of hydrogen-bond acceptors (Lipinski definition) is 3. The number of hydrogen-bond donors (Lipinski definition) is 2. The minimum Gasteiger partial charge on any atom is -0.361 e. The van der Waals surface area contributed by atoms with Gasteiger partial charge in [-0.15, -0.1) is 24.0 Å². The number of guanidine groups is 1. The standard InChI is InChI=1S/C20H30N4O.HI/c1-6-17-8-10-18(11-9-17)14(3)23-20(21-7-2)22-13-12-19-15(4)24-25-16(19)5;/h8-11,14H,6-7,12-13H2,1-5H3,(H2,21,22,23);1H. The molecule has 0 aliphatic carbocycles. The normalized spacial score (nSPS) is 12.4. The van der Waals surface area contributed by atoms with Crippen molar-refractivity contribution >= 4 is 29.9 Å². The number of benzene rings is 1. The largest absolute Gasteiger partial charge is 0.361 e. The highest BCUT2D eigenvalue weighted by molar-refractivity contribution is 14.0. The van der Waals surface area contributed by atoms with Crippen LogP contribution in [-0.4, -0.2) is 24.2 Å². The highest BCUT2D eigenvalue weighted by Crippen LogP contribution is 2.14. The van der Waals surface area contributed by atoms with Gasteiger partial charge in [-0.05, 0) is 51.7 Å². The van der Waals surface area contributed by atoms with E-state index >= 15 is 0 Å². The first-order valence-electron chi connectivity index (χ1n) is 9.10. The van der Waals surface area contributed by atoms with Gasteiger partial charge in [0.05, 0.1) is 11.7 Å². The third kappa shape index (κ3) is 6.30. The summed E-state index contributed by atoms with van der Waals surface area (Å²) in [6.45, 7) is 11.9. The third-order valence-corrected chi connectivity index (χ3v) is 4.40. The molecule has 1 atom stereocenters. The van der Waals surface area contributed by atoms with Gasteiger partial charge < -0.3 is 15.2 Å². The number of nitrogens with zero attached hydrogens (tertiary/aromatic N) is 2. The zero-order valence-corrected chi connectivity index (χ0v) is 18.8. The Kier molecular flexibility index (Phi) is 9.69. The molecule has 2 N–H and O–H groups in total. The lowest BCUT2D eigenvalue weighted by molar-refractivity contribution is 0.392. The van der Waals surface area contributed by atoms with Crippen LogP contribution >= 0.6 is 24.0 Å². The second-order valence-electron chi connectivity index (χ2n) is 6.27. The Morgan fingerprint density at radius 3 is 2.42 bits per heavy atom. The van der Waals surface area contributed by atoms with Crippen LogP contribution in [0.2, 0.25) is 0 Å². The van der Waals surface area contributed by atoms with Crippen LogP contribution in [0.3, 0.4) is 0 Å². The van der Waals surface area contributed by atoms with Gasteiger partial charge in [0, 0.05) is 18.7 Å². The first kappa shape index (κ1) is 22.5. The van der Waals surface area contributed by atoms with Crippen molar-refractivity contribution in [2.45, 2.75) is 53.5 Å². The fourth-order valence-corrected chi connectivity index (χ4v) is 2.79. The van der Waals surface area contributed by atoms with Crippen LogP contribution in [0.25, 0.3) is 0 Å². The predicted octanol–water partition coefficient (Wildman–Crippen LogP) is 4.33. The van der Waals surface area contributed by atoms with E-state index in [4.69, 9.17) is 9.52 Å². The Morgan fingerprint density at radius 1 is 1.19 bits per heavy atom. The molecule has 2 aromatic rings. The molecule has 0 saturated heterocycles. The van der Waals surface area contributed by atoms with Crippen molar-refractivity contribution in [3.63, 3.8) is 0 Å². The lowest BCUT2D eigenvalue weighted by Crippen LogP contribution is -2.38. The zero-order chi connectivity index (χ0) is 18.2. The maximum Gasteiger partial charge on any atom is 0.191 e. The minimum atomic E-state index is 0. The van der Waals surface area contributed by atoms with Gasteiger partial charge in [0.25, 0.3) is 0 Å². The molecular formula is C20H31IN4O. The molecule has 0 radical (unpaired) electrons. The van der Waals surface area contributed by atoms with Gasteiger partial charge in [-0.2, -0.15) is 0 Å². The summed E-state index contributed by atoms with van der Waals surface area (Å²) in [5.41, 5.74) is 4.72. The SMILES string of the molecule is CCNC(=NCCc1c(C)noc1C)NC(C)c1ccc(CC)cc1.I. The molecule has 0 saturated carbocycles. The molecule has 2 rings (SSSR count). The Hall–Kier alpha value is -1.57. The lowest BCUT2D eigenvalue weighted by atomic mass is 10.1. The highest BCUT2D eigenvalue weighted by atomic mass is 127. The lowest BCUT2D eigenvalue weighted by Gasteiger charge is -2.18. The Labute approximate surface area is 174 Å². The number of rotatable bonds is 7. The van der Waals surface area contributed by atoms with Gasteiger partial charge in [-0.1, -0.05) is 36.3 Å². The van der Waals surface area contributed by atoms with Crippen molar-refractivity contribution in [1.29, 1.82) is 0 Å². The van der Waals surface area contributed by atoms with E-state index in [1.165, 1.54) is 11.1 Å². The maximum atomic E-state index is 5.21. The molecule has 0 aliphatic heterocycles. The number of aryl methyl sites for hydroxylation is 3.